The molecule has 40 heavy (non-hydrogen) atoms. The van der Waals surface area contributed by atoms with E-state index in [2.05, 4.69) is 15.7 Å². The number of nitrogens with zero attached hydrogens (tertiary/aromatic N) is 2. The first-order chi connectivity index (χ1) is 19.3. The second kappa shape index (κ2) is 12.8. The van der Waals surface area contributed by atoms with Crippen molar-refractivity contribution in [2.24, 2.45) is 0 Å². The van der Waals surface area contributed by atoms with E-state index in [0.29, 0.717) is 41.4 Å². The van der Waals surface area contributed by atoms with Gasteiger partial charge >= 0.3 is 5.97 Å². The summed E-state index contributed by atoms with van der Waals surface area (Å²) >= 11 is 0. The van der Waals surface area contributed by atoms with Gasteiger partial charge in [-0.05, 0) is 36.4 Å². The first-order valence-corrected chi connectivity index (χ1v) is 13.0. The van der Waals surface area contributed by atoms with Crippen LogP contribution in [0.25, 0.3) is 27.7 Å². The number of carboxylic acid groups (broad SMARTS) is 1. The number of unbranched alkanes of at least 4 members (excludes halogenated alkanes) is 2. The highest BCUT2D eigenvalue weighted by molar-refractivity contribution is 6.05. The van der Waals surface area contributed by atoms with E-state index < -0.39 is 5.97 Å². The van der Waals surface area contributed by atoms with Crippen LogP contribution in [-0.2, 0) is 9.59 Å². The number of benzene rings is 3. The van der Waals surface area contributed by atoms with Gasteiger partial charge in [0.15, 0.2) is 5.69 Å². The maximum Gasteiger partial charge on any atom is 0.358 e. The number of fused-ring (bicyclic) bond motifs is 1. The Hall–Kier alpha value is -4.86. The summed E-state index contributed by atoms with van der Waals surface area (Å²) < 4.78 is 12.8. The van der Waals surface area contributed by atoms with Crippen LogP contribution < -0.4 is 20.1 Å². The van der Waals surface area contributed by atoms with Crippen molar-refractivity contribution in [3.8, 4) is 28.4 Å². The van der Waals surface area contributed by atoms with Gasteiger partial charge in [-0.15, -0.1) is 0 Å². The maximum absolute atomic E-state index is 13.1. The molecule has 0 unspecified atom stereocenters. The number of hydrogen-bond acceptors (Lipinski definition) is 6. The number of aromatic nitrogens is 2. The molecule has 10 heteroatoms. The lowest BCUT2D eigenvalue weighted by Crippen LogP contribution is -2.20. The molecule has 3 aromatic carbocycles. The molecule has 0 saturated heterocycles. The van der Waals surface area contributed by atoms with Crippen molar-refractivity contribution in [1.29, 1.82) is 0 Å². The Balaban J connectivity index is 1.83. The molecule has 0 spiro atoms. The average molecular weight is 545 g/mol. The van der Waals surface area contributed by atoms with Crippen molar-refractivity contribution in [1.82, 2.24) is 15.1 Å². The van der Waals surface area contributed by atoms with E-state index in [9.17, 15) is 19.5 Å². The smallest absolute Gasteiger partial charge is 0.358 e. The Kier molecular flexibility index (Phi) is 9.00. The molecule has 0 radical (unpaired) electrons. The molecule has 1 heterocycles. The van der Waals surface area contributed by atoms with E-state index in [1.54, 1.807) is 18.2 Å². The van der Waals surface area contributed by atoms with Crippen molar-refractivity contribution in [2.75, 3.05) is 26.1 Å². The van der Waals surface area contributed by atoms with E-state index in [4.69, 9.17) is 9.47 Å². The summed E-state index contributed by atoms with van der Waals surface area (Å²) in [7, 11) is 3.02. The van der Waals surface area contributed by atoms with Crippen LogP contribution in [0.2, 0.25) is 0 Å². The molecule has 208 valence electrons. The molecule has 0 aliphatic rings. The largest absolute Gasteiger partial charge is 0.496 e. The molecule has 2 amide bonds. The van der Waals surface area contributed by atoms with E-state index in [0.717, 1.165) is 23.6 Å². The fraction of sp³-hybridized carbons (Fsp3) is 0.267. The third-order valence-corrected chi connectivity index (χ3v) is 6.47. The number of hydrogen-bond donors (Lipinski definition) is 3. The van der Waals surface area contributed by atoms with Gasteiger partial charge in [0.1, 0.15) is 22.9 Å². The van der Waals surface area contributed by atoms with Gasteiger partial charge in [-0.25, -0.2) is 9.48 Å². The number of carboxylic acids is 1. The van der Waals surface area contributed by atoms with Gasteiger partial charge in [-0.1, -0.05) is 48.9 Å². The van der Waals surface area contributed by atoms with Crippen LogP contribution in [0.5, 0.6) is 11.5 Å². The monoisotopic (exact) mass is 544 g/mol. The van der Waals surface area contributed by atoms with Crippen molar-refractivity contribution >= 4 is 34.2 Å². The molecule has 10 nitrogen and oxygen atoms in total. The normalized spacial score (nSPS) is 10.8. The number of nitrogens with one attached hydrogen (secondary N) is 2. The first kappa shape index (κ1) is 28.2. The molecule has 4 rings (SSSR count). The summed E-state index contributed by atoms with van der Waals surface area (Å²) in [6.45, 7) is 2.00. The van der Waals surface area contributed by atoms with E-state index >= 15 is 0 Å². The van der Waals surface area contributed by atoms with Crippen LogP contribution in [0.4, 0.5) is 5.69 Å². The number of carbonyl (C=O) groups excluding carboxylic acids is 2. The molecular weight excluding hydrogens is 512 g/mol. The quantitative estimate of drug-likeness (QED) is 0.213. The lowest BCUT2D eigenvalue weighted by molar-refractivity contribution is -0.119. The van der Waals surface area contributed by atoms with Gasteiger partial charge in [0.25, 0.3) is 0 Å². The molecule has 0 fully saturated rings. The first-order valence-electron chi connectivity index (χ1n) is 13.0. The summed E-state index contributed by atoms with van der Waals surface area (Å²) in [5.41, 5.74) is 1.14. The zero-order valence-corrected chi connectivity index (χ0v) is 22.7. The summed E-state index contributed by atoms with van der Waals surface area (Å²) in [5.74, 6) is -0.895. The van der Waals surface area contributed by atoms with Crippen LogP contribution >= 0.6 is 0 Å². The Bertz CT molecular complexity index is 1520. The lowest BCUT2D eigenvalue weighted by Gasteiger charge is -2.17. The van der Waals surface area contributed by atoms with Gasteiger partial charge in [-0.2, -0.15) is 5.10 Å². The summed E-state index contributed by atoms with van der Waals surface area (Å²) in [5, 5.41) is 22.0. The highest BCUT2D eigenvalue weighted by atomic mass is 16.5. The average Bonchev–Trinajstić information content (AvgIpc) is 3.32. The predicted octanol–water partition coefficient (Wildman–Crippen LogP) is 5.04. The van der Waals surface area contributed by atoms with E-state index in [-0.39, 0.29) is 29.6 Å². The molecule has 0 saturated carbocycles. The summed E-state index contributed by atoms with van der Waals surface area (Å²) in [6, 6.07) is 18.6. The molecular formula is C30H32N4O6. The standard InChI is InChI=1S/C30H32N4O6/c1-19(35)31-18-8-4-5-17-25(36)32-27-28(30(37)38)33-34(22-14-9-12-20-11-6-7-13-21(20)22)29(27)26-23(39-2)15-10-16-24(26)40-3/h6-7,9-16H,4-5,8,17-18H2,1-3H3,(H,31,35)(H,32,36)(H,37,38). The van der Waals surface area contributed by atoms with Crippen molar-refractivity contribution in [3.63, 3.8) is 0 Å². The number of methoxy groups -OCH3 is 2. The van der Waals surface area contributed by atoms with Gasteiger partial charge in [0.2, 0.25) is 11.8 Å². The number of aromatic carboxylic acids is 1. The number of amides is 2. The zero-order chi connectivity index (χ0) is 28.6. The van der Waals surface area contributed by atoms with Crippen LogP contribution in [-0.4, -0.2) is 53.4 Å². The molecule has 0 aliphatic heterocycles. The number of ether oxygens (including phenoxy) is 2. The summed E-state index contributed by atoms with van der Waals surface area (Å²) in [4.78, 5) is 36.6. The topological polar surface area (TPSA) is 132 Å². The SMILES string of the molecule is COc1cccc(OC)c1-c1c(NC(=O)CCCCCNC(C)=O)c(C(=O)O)nn1-c1cccc2ccccc12. The van der Waals surface area contributed by atoms with Gasteiger partial charge in [0, 0.05) is 25.3 Å². The maximum atomic E-state index is 13.1. The van der Waals surface area contributed by atoms with Gasteiger partial charge in [0.05, 0.1) is 25.5 Å². The number of anilines is 1. The second-order valence-corrected chi connectivity index (χ2v) is 9.17. The highest BCUT2D eigenvalue weighted by Crippen LogP contribution is 2.45. The third kappa shape index (κ3) is 6.06. The van der Waals surface area contributed by atoms with Crippen LogP contribution in [0.3, 0.4) is 0 Å². The Morgan fingerprint density at radius 2 is 1.57 bits per heavy atom. The molecule has 3 N–H and O–H groups in total. The number of rotatable bonds is 12. The van der Waals surface area contributed by atoms with E-state index in [1.165, 1.54) is 25.8 Å². The van der Waals surface area contributed by atoms with E-state index in [1.807, 2.05) is 42.5 Å². The molecule has 0 atom stereocenters. The number of carbonyl (C=O) groups is 3. The summed E-state index contributed by atoms with van der Waals surface area (Å²) in [6.07, 6.45) is 2.19. The third-order valence-electron chi connectivity index (χ3n) is 6.47. The predicted molar refractivity (Wildman–Crippen MR) is 152 cm³/mol. The molecule has 1 aromatic heterocycles. The minimum absolute atomic E-state index is 0.0477. The Morgan fingerprint density at radius 1 is 0.900 bits per heavy atom. The highest BCUT2D eigenvalue weighted by Gasteiger charge is 2.30. The van der Waals surface area contributed by atoms with Gasteiger partial charge in [-0.3, -0.25) is 9.59 Å². The van der Waals surface area contributed by atoms with Crippen molar-refractivity contribution in [2.45, 2.75) is 32.6 Å². The molecule has 0 bridgehead atoms. The Labute approximate surface area is 231 Å². The zero-order valence-electron chi connectivity index (χ0n) is 22.7. The minimum Gasteiger partial charge on any atom is -0.496 e. The molecule has 0 aliphatic carbocycles. The lowest BCUT2D eigenvalue weighted by atomic mass is 10.0. The minimum atomic E-state index is -1.29. The van der Waals surface area contributed by atoms with Crippen LogP contribution in [0, 0.1) is 0 Å². The Morgan fingerprint density at radius 3 is 2.25 bits per heavy atom. The molecule has 4 aromatic rings. The van der Waals surface area contributed by atoms with Crippen LogP contribution in [0.15, 0.2) is 60.7 Å². The van der Waals surface area contributed by atoms with Crippen LogP contribution in [0.1, 0.15) is 43.1 Å². The van der Waals surface area contributed by atoms with Crippen molar-refractivity contribution < 1.29 is 29.0 Å². The fourth-order valence-corrected chi connectivity index (χ4v) is 4.62. The fourth-order valence-electron chi connectivity index (χ4n) is 4.62. The second-order valence-electron chi connectivity index (χ2n) is 9.17. The van der Waals surface area contributed by atoms with Gasteiger partial charge < -0.3 is 25.2 Å². The van der Waals surface area contributed by atoms with Crippen molar-refractivity contribution in [3.05, 3.63) is 66.4 Å².